The lowest BCUT2D eigenvalue weighted by Crippen LogP contribution is -2.48. The van der Waals surface area contributed by atoms with Gasteiger partial charge < -0.3 is 10.6 Å². The molecule has 6 nitrogen and oxygen atoms in total. The number of carbonyl (C=O) groups excluding carboxylic acids is 1. The molecule has 0 radical (unpaired) electrons. The van der Waals surface area contributed by atoms with Gasteiger partial charge in [-0.15, -0.1) is 0 Å². The van der Waals surface area contributed by atoms with Crippen LogP contribution in [0, 0.1) is 0 Å². The molecule has 2 aromatic carbocycles. The zero-order chi connectivity index (χ0) is 17.6. The summed E-state index contributed by atoms with van der Waals surface area (Å²) in [4.78, 5) is 29.2. The summed E-state index contributed by atoms with van der Waals surface area (Å²) in [5.41, 5.74) is 1.50. The van der Waals surface area contributed by atoms with Gasteiger partial charge in [0.15, 0.2) is 0 Å². The quantitative estimate of drug-likeness (QED) is 0.722. The van der Waals surface area contributed by atoms with Crippen molar-refractivity contribution in [3.8, 4) is 0 Å². The van der Waals surface area contributed by atoms with Crippen LogP contribution in [0.1, 0.15) is 10.4 Å². The van der Waals surface area contributed by atoms with E-state index in [4.69, 9.17) is 23.2 Å². The Kier molecular flexibility index (Phi) is 3.86. The van der Waals surface area contributed by atoms with E-state index < -0.39 is 6.17 Å². The van der Waals surface area contributed by atoms with E-state index in [-0.39, 0.29) is 18.0 Å². The van der Waals surface area contributed by atoms with E-state index in [1.54, 1.807) is 36.4 Å². The highest BCUT2D eigenvalue weighted by Crippen LogP contribution is 2.24. The summed E-state index contributed by atoms with van der Waals surface area (Å²) in [5.74, 6) is -0.244. The lowest BCUT2D eigenvalue weighted by molar-refractivity contribution is 0.0932. The Hall–Kier alpha value is -2.57. The third-order valence-corrected chi connectivity index (χ3v) is 4.50. The second kappa shape index (κ2) is 6.06. The molecule has 126 valence electrons. The number of hydrogen-bond donors (Lipinski definition) is 2. The lowest BCUT2D eigenvalue weighted by Gasteiger charge is -2.28. The Morgan fingerprint density at radius 1 is 1.04 bits per heavy atom. The Labute approximate surface area is 152 Å². The molecule has 0 saturated heterocycles. The van der Waals surface area contributed by atoms with Crippen LogP contribution >= 0.6 is 23.2 Å². The van der Waals surface area contributed by atoms with Gasteiger partial charge in [0, 0.05) is 15.7 Å². The third-order valence-electron chi connectivity index (χ3n) is 4.03. The third kappa shape index (κ3) is 2.94. The molecule has 25 heavy (non-hydrogen) atoms. The predicted octanol–water partition coefficient (Wildman–Crippen LogP) is 2.88. The SMILES string of the molecule is O=C1NC(Cn2cnc3ccc(Cl)cc3c2=O)Nc2ccc(Cl)cc21. The average Bonchev–Trinajstić information content (AvgIpc) is 2.59. The Morgan fingerprint density at radius 2 is 1.80 bits per heavy atom. The van der Waals surface area contributed by atoms with Crippen LogP contribution in [0.15, 0.2) is 47.5 Å². The van der Waals surface area contributed by atoms with Crippen molar-refractivity contribution >= 4 is 45.7 Å². The van der Waals surface area contributed by atoms with Crippen LogP contribution in [0.5, 0.6) is 0 Å². The number of carbonyl (C=O) groups is 1. The standard InChI is InChI=1S/C17H12Cl2N4O2/c18-9-2-4-14-11(5-9)16(24)22-15(21-14)7-23-8-20-13-3-1-10(19)6-12(13)17(23)25/h1-6,8,15,21H,7H2,(H,22,24). The minimum absolute atomic E-state index is 0.217. The van der Waals surface area contributed by atoms with Gasteiger partial charge in [0.2, 0.25) is 0 Å². The molecule has 2 heterocycles. The first-order valence-corrected chi connectivity index (χ1v) is 8.28. The van der Waals surface area contributed by atoms with Gasteiger partial charge in [-0.3, -0.25) is 14.2 Å². The molecule has 0 aliphatic carbocycles. The maximum Gasteiger partial charge on any atom is 0.261 e. The monoisotopic (exact) mass is 374 g/mol. The molecule has 1 atom stereocenters. The number of benzene rings is 2. The highest BCUT2D eigenvalue weighted by atomic mass is 35.5. The lowest BCUT2D eigenvalue weighted by atomic mass is 10.1. The van der Waals surface area contributed by atoms with Crippen molar-refractivity contribution in [2.45, 2.75) is 12.7 Å². The van der Waals surface area contributed by atoms with Gasteiger partial charge in [0.05, 0.1) is 29.3 Å². The fourth-order valence-electron chi connectivity index (χ4n) is 2.84. The first-order chi connectivity index (χ1) is 12.0. The highest BCUT2D eigenvalue weighted by Gasteiger charge is 2.24. The van der Waals surface area contributed by atoms with Gasteiger partial charge in [0.1, 0.15) is 6.17 Å². The second-order valence-corrected chi connectivity index (χ2v) is 6.60. The van der Waals surface area contributed by atoms with Gasteiger partial charge in [0.25, 0.3) is 11.5 Å². The molecular formula is C17H12Cl2N4O2. The number of nitrogens with one attached hydrogen (secondary N) is 2. The molecule has 0 bridgehead atoms. The maximum absolute atomic E-state index is 12.6. The van der Waals surface area contributed by atoms with Gasteiger partial charge in [-0.2, -0.15) is 0 Å². The summed E-state index contributed by atoms with van der Waals surface area (Å²) in [6, 6.07) is 10.0. The number of anilines is 1. The molecule has 1 unspecified atom stereocenters. The number of halogens is 2. The van der Waals surface area contributed by atoms with E-state index in [9.17, 15) is 9.59 Å². The van der Waals surface area contributed by atoms with Gasteiger partial charge in [-0.05, 0) is 36.4 Å². The molecule has 1 aliphatic heterocycles. The maximum atomic E-state index is 12.6. The first-order valence-electron chi connectivity index (χ1n) is 7.53. The topological polar surface area (TPSA) is 76.0 Å². The zero-order valence-electron chi connectivity index (χ0n) is 12.8. The number of rotatable bonds is 2. The predicted molar refractivity (Wildman–Crippen MR) is 97.3 cm³/mol. The average molecular weight is 375 g/mol. The smallest absolute Gasteiger partial charge is 0.261 e. The number of nitrogens with zero attached hydrogens (tertiary/aromatic N) is 2. The van der Waals surface area contributed by atoms with Crippen LogP contribution < -0.4 is 16.2 Å². The van der Waals surface area contributed by atoms with Crippen LogP contribution in [0.3, 0.4) is 0 Å². The van der Waals surface area contributed by atoms with Crippen LogP contribution in [0.25, 0.3) is 10.9 Å². The zero-order valence-corrected chi connectivity index (χ0v) is 14.3. The molecule has 1 aliphatic rings. The molecule has 8 heteroatoms. The largest absolute Gasteiger partial charge is 0.363 e. The van der Waals surface area contributed by atoms with Crippen molar-refractivity contribution in [3.63, 3.8) is 0 Å². The molecule has 0 saturated carbocycles. The molecule has 1 amide bonds. The Bertz CT molecular complexity index is 1060. The normalized spacial score (nSPS) is 16.2. The van der Waals surface area contributed by atoms with E-state index in [0.717, 1.165) is 0 Å². The summed E-state index contributed by atoms with van der Waals surface area (Å²) in [5, 5.41) is 7.39. The number of aromatic nitrogens is 2. The molecular weight excluding hydrogens is 363 g/mol. The highest BCUT2D eigenvalue weighted by molar-refractivity contribution is 6.31. The summed E-state index contributed by atoms with van der Waals surface area (Å²) < 4.78 is 1.44. The minimum atomic E-state index is -0.447. The first kappa shape index (κ1) is 15.9. The fourth-order valence-corrected chi connectivity index (χ4v) is 3.18. The van der Waals surface area contributed by atoms with Gasteiger partial charge in [-0.1, -0.05) is 23.2 Å². The van der Waals surface area contributed by atoms with Crippen molar-refractivity contribution in [3.05, 3.63) is 68.7 Å². The van der Waals surface area contributed by atoms with Crippen LogP contribution in [-0.2, 0) is 6.54 Å². The van der Waals surface area contributed by atoms with E-state index in [2.05, 4.69) is 15.6 Å². The van der Waals surface area contributed by atoms with E-state index in [1.165, 1.54) is 10.9 Å². The minimum Gasteiger partial charge on any atom is -0.363 e. The summed E-state index contributed by atoms with van der Waals surface area (Å²) in [7, 11) is 0. The summed E-state index contributed by atoms with van der Waals surface area (Å²) in [6.45, 7) is 0.224. The van der Waals surface area contributed by atoms with Crippen LogP contribution in [-0.4, -0.2) is 21.6 Å². The van der Waals surface area contributed by atoms with Crippen molar-refractivity contribution in [1.82, 2.24) is 14.9 Å². The van der Waals surface area contributed by atoms with Crippen molar-refractivity contribution in [2.75, 3.05) is 5.32 Å². The van der Waals surface area contributed by atoms with Crippen molar-refractivity contribution < 1.29 is 4.79 Å². The van der Waals surface area contributed by atoms with Crippen LogP contribution in [0.4, 0.5) is 5.69 Å². The van der Waals surface area contributed by atoms with Gasteiger partial charge in [-0.25, -0.2) is 4.98 Å². The summed E-state index contributed by atoms with van der Waals surface area (Å²) >= 11 is 11.9. The van der Waals surface area contributed by atoms with E-state index >= 15 is 0 Å². The molecule has 0 fully saturated rings. The molecule has 0 spiro atoms. The number of fused-ring (bicyclic) bond motifs is 2. The number of amides is 1. The molecule has 1 aromatic heterocycles. The van der Waals surface area contributed by atoms with Gasteiger partial charge >= 0.3 is 0 Å². The Morgan fingerprint density at radius 3 is 2.64 bits per heavy atom. The fraction of sp³-hybridized carbons (Fsp3) is 0.118. The summed E-state index contributed by atoms with van der Waals surface area (Å²) in [6.07, 6.45) is 1.02. The van der Waals surface area contributed by atoms with E-state index in [1.807, 2.05) is 0 Å². The van der Waals surface area contributed by atoms with E-state index in [0.29, 0.717) is 32.2 Å². The number of hydrogen-bond acceptors (Lipinski definition) is 4. The van der Waals surface area contributed by atoms with Crippen LogP contribution in [0.2, 0.25) is 10.0 Å². The Balaban J connectivity index is 1.66. The molecule has 2 N–H and O–H groups in total. The van der Waals surface area contributed by atoms with Crippen molar-refractivity contribution in [2.24, 2.45) is 0 Å². The second-order valence-electron chi connectivity index (χ2n) is 5.72. The molecule has 4 rings (SSSR count). The molecule has 3 aromatic rings. The van der Waals surface area contributed by atoms with Crippen molar-refractivity contribution in [1.29, 1.82) is 0 Å².